The topological polar surface area (TPSA) is 101 Å². The molecule has 0 aliphatic heterocycles. The zero-order valence-corrected chi connectivity index (χ0v) is 13.0. The van der Waals surface area contributed by atoms with Crippen molar-refractivity contribution in [2.75, 3.05) is 19.6 Å². The Kier molecular flexibility index (Phi) is 8.32. The van der Waals surface area contributed by atoms with Crippen LogP contribution in [0, 0.1) is 53.8 Å². The van der Waals surface area contributed by atoms with Crippen LogP contribution in [0.4, 0.5) is 0 Å². The van der Waals surface area contributed by atoms with Gasteiger partial charge in [-0.25, -0.2) is 0 Å². The van der Waals surface area contributed by atoms with E-state index in [9.17, 15) is 19.8 Å². The van der Waals surface area contributed by atoms with Crippen molar-refractivity contribution in [1.82, 2.24) is 14.7 Å². The molecule has 105 valence electrons. The molecule has 1 aromatic rings. The third-order valence-corrected chi connectivity index (χ3v) is 2.44. The molecule has 8 heteroatoms. The number of aryl methyl sites for hydroxylation is 2. The Morgan fingerprint density at radius 1 is 1.26 bits per heavy atom. The first-order chi connectivity index (χ1) is 8.38. The number of aliphatic carboxylic acids is 2. The number of carbonyl (C=O) groups is 2. The summed E-state index contributed by atoms with van der Waals surface area (Å²) in [5.41, 5.74) is 1.80. The Labute approximate surface area is 143 Å². The minimum atomic E-state index is -1.32. The molecule has 1 radical (unpaired) electrons. The molecule has 0 atom stereocenters. The van der Waals surface area contributed by atoms with E-state index >= 15 is 0 Å². The van der Waals surface area contributed by atoms with Crippen LogP contribution in [0.2, 0.25) is 0 Å². The molecule has 1 rings (SSSR count). The predicted octanol–water partition coefficient (Wildman–Crippen LogP) is -2.70. The van der Waals surface area contributed by atoms with Crippen LogP contribution >= 0.6 is 0 Å². The van der Waals surface area contributed by atoms with Gasteiger partial charge in [-0.3, -0.25) is 9.58 Å². The Morgan fingerprint density at radius 3 is 2.16 bits per heavy atom. The quantitative estimate of drug-likeness (QED) is 0.485. The molecule has 0 aromatic carbocycles. The number of aromatic nitrogens is 2. The maximum Gasteiger partial charge on any atom is 3.00 e. The molecule has 0 amide bonds. The summed E-state index contributed by atoms with van der Waals surface area (Å²) in [7, 11) is 0. The minimum absolute atomic E-state index is 0. The Balaban J connectivity index is 0.00000324. The fourth-order valence-electron chi connectivity index (χ4n) is 1.72. The number of rotatable bonds is 7. The summed E-state index contributed by atoms with van der Waals surface area (Å²) in [6.07, 6.45) is 0. The van der Waals surface area contributed by atoms with Gasteiger partial charge in [0.05, 0.1) is 24.2 Å². The van der Waals surface area contributed by atoms with Crippen LogP contribution in [-0.2, 0) is 16.1 Å². The van der Waals surface area contributed by atoms with Crippen molar-refractivity contribution in [3.63, 3.8) is 0 Å². The number of carboxylic acid groups (broad SMARTS) is 2. The fourth-order valence-corrected chi connectivity index (χ4v) is 1.72. The van der Waals surface area contributed by atoms with Crippen molar-refractivity contribution >= 4 is 11.9 Å². The smallest absolute Gasteiger partial charge is 0.549 e. The van der Waals surface area contributed by atoms with Gasteiger partial charge < -0.3 is 19.8 Å². The fraction of sp³-hybridized carbons (Fsp3) is 0.545. The molecule has 0 saturated carbocycles. The van der Waals surface area contributed by atoms with E-state index in [0.717, 1.165) is 11.4 Å². The van der Waals surface area contributed by atoms with E-state index in [1.807, 2.05) is 19.9 Å². The van der Waals surface area contributed by atoms with Gasteiger partial charge in [0, 0.05) is 25.3 Å². The molecule has 0 spiro atoms. The van der Waals surface area contributed by atoms with E-state index in [4.69, 9.17) is 0 Å². The first-order valence-corrected chi connectivity index (χ1v) is 5.51. The summed E-state index contributed by atoms with van der Waals surface area (Å²) in [6.45, 7) is 3.52. The van der Waals surface area contributed by atoms with Gasteiger partial charge in [-0.1, -0.05) is 0 Å². The van der Waals surface area contributed by atoms with Crippen molar-refractivity contribution in [3.05, 3.63) is 17.5 Å². The normalized spacial score (nSPS) is 10.3. The summed E-state index contributed by atoms with van der Waals surface area (Å²) >= 11 is 0. The Morgan fingerprint density at radius 2 is 1.79 bits per heavy atom. The van der Waals surface area contributed by atoms with Crippen LogP contribution in [-0.4, -0.2) is 46.3 Å². The Hall–Kier alpha value is -0.565. The van der Waals surface area contributed by atoms with Gasteiger partial charge in [-0.15, -0.1) is 0 Å². The second-order valence-electron chi connectivity index (χ2n) is 4.10. The summed E-state index contributed by atoms with van der Waals surface area (Å²) in [5, 5.41) is 25.2. The molecule has 19 heavy (non-hydrogen) atoms. The average Bonchev–Trinajstić information content (AvgIpc) is 2.52. The van der Waals surface area contributed by atoms with Crippen LogP contribution < -0.4 is 10.2 Å². The summed E-state index contributed by atoms with van der Waals surface area (Å²) in [6, 6.07) is 1.89. The molecule has 0 fully saturated rings. The largest absolute Gasteiger partial charge is 3.00 e. The van der Waals surface area contributed by atoms with E-state index in [2.05, 4.69) is 5.10 Å². The van der Waals surface area contributed by atoms with Crippen LogP contribution in [0.25, 0.3) is 0 Å². The number of carbonyl (C=O) groups excluding carboxylic acids is 2. The number of hydrogen-bond acceptors (Lipinski definition) is 6. The van der Waals surface area contributed by atoms with E-state index in [1.165, 1.54) is 4.90 Å². The molecule has 0 N–H and O–H groups in total. The molecule has 0 aliphatic rings. The predicted molar refractivity (Wildman–Crippen MR) is 58.2 cm³/mol. The van der Waals surface area contributed by atoms with E-state index in [1.54, 1.807) is 4.68 Å². The van der Waals surface area contributed by atoms with Gasteiger partial charge >= 0.3 is 39.9 Å². The third kappa shape index (κ3) is 6.96. The molecule has 0 aliphatic carbocycles. The first-order valence-electron chi connectivity index (χ1n) is 5.51. The second-order valence-corrected chi connectivity index (χ2v) is 4.10. The number of nitrogens with zero attached hydrogens (tertiary/aromatic N) is 3. The standard InChI is InChI=1S/C11H17N3O4.Gd/c1-8-5-9(2)14(12-8)4-3-13(6-10(15)16)7-11(17)18;/h5H,3-4,6-7H2,1-2H3,(H,15,16)(H,17,18);/q;+3/p-2. The average molecular weight is 411 g/mol. The van der Waals surface area contributed by atoms with Crippen molar-refractivity contribution in [2.45, 2.75) is 20.4 Å². The zero-order chi connectivity index (χ0) is 13.7. The molecule has 0 unspecified atom stereocenters. The zero-order valence-electron chi connectivity index (χ0n) is 10.7. The molecular formula is C11H15GdN3O4+. The van der Waals surface area contributed by atoms with Gasteiger partial charge in [0.1, 0.15) is 0 Å². The van der Waals surface area contributed by atoms with Gasteiger partial charge in [0.2, 0.25) is 0 Å². The molecule has 0 bridgehead atoms. The van der Waals surface area contributed by atoms with Crippen molar-refractivity contribution in [1.29, 1.82) is 0 Å². The Bertz CT molecular complexity index is 431. The van der Waals surface area contributed by atoms with Crippen molar-refractivity contribution in [2.24, 2.45) is 0 Å². The van der Waals surface area contributed by atoms with Crippen molar-refractivity contribution < 1.29 is 59.7 Å². The second kappa shape index (κ2) is 8.57. The van der Waals surface area contributed by atoms with E-state index < -0.39 is 25.0 Å². The molecular weight excluding hydrogens is 395 g/mol. The summed E-state index contributed by atoms with van der Waals surface area (Å²) in [5.74, 6) is -2.63. The summed E-state index contributed by atoms with van der Waals surface area (Å²) in [4.78, 5) is 22.2. The van der Waals surface area contributed by atoms with Gasteiger partial charge in [0.25, 0.3) is 0 Å². The first kappa shape index (κ1) is 18.4. The van der Waals surface area contributed by atoms with Gasteiger partial charge in [-0.2, -0.15) is 5.10 Å². The molecule has 1 heterocycles. The van der Waals surface area contributed by atoms with Crippen molar-refractivity contribution in [3.8, 4) is 0 Å². The minimum Gasteiger partial charge on any atom is -0.549 e. The van der Waals surface area contributed by atoms with Gasteiger partial charge in [0.15, 0.2) is 0 Å². The van der Waals surface area contributed by atoms with Crippen LogP contribution in [0.1, 0.15) is 11.4 Å². The maximum absolute atomic E-state index is 10.5. The molecule has 7 nitrogen and oxygen atoms in total. The van der Waals surface area contributed by atoms with E-state index in [0.29, 0.717) is 6.54 Å². The number of hydrogen-bond donors (Lipinski definition) is 0. The number of carboxylic acids is 2. The molecule has 0 saturated heterocycles. The van der Waals surface area contributed by atoms with Crippen LogP contribution in [0.15, 0.2) is 6.07 Å². The third-order valence-electron chi connectivity index (χ3n) is 2.44. The maximum atomic E-state index is 10.5. The SMILES string of the molecule is Cc1cc(C)n(CCN(CC(=O)[O-])CC(=O)[O-])n1.[Gd+3]. The molecule has 1 aromatic heterocycles. The van der Waals surface area contributed by atoms with Gasteiger partial charge in [-0.05, 0) is 19.9 Å². The monoisotopic (exact) mass is 411 g/mol. The van der Waals surface area contributed by atoms with E-state index in [-0.39, 0.29) is 46.5 Å². The van der Waals surface area contributed by atoms with Crippen LogP contribution in [0.5, 0.6) is 0 Å². The summed E-state index contributed by atoms with van der Waals surface area (Å²) < 4.78 is 1.70. The van der Waals surface area contributed by atoms with Crippen LogP contribution in [0.3, 0.4) is 0 Å².